The van der Waals surface area contributed by atoms with E-state index in [1.54, 1.807) is 0 Å². The summed E-state index contributed by atoms with van der Waals surface area (Å²) in [5.74, 6) is -6.25. The van der Waals surface area contributed by atoms with Crippen LogP contribution in [0.2, 0.25) is 0 Å². The van der Waals surface area contributed by atoms with Crippen LogP contribution in [0, 0.1) is 30.2 Å². The van der Waals surface area contributed by atoms with Crippen LogP contribution < -0.4 is 0 Å². The molecule has 0 aliphatic rings. The van der Waals surface area contributed by atoms with E-state index in [0.717, 1.165) is 6.92 Å². The second-order valence-electron chi connectivity index (χ2n) is 2.12. The minimum Gasteiger partial charge on any atom is -0.204 e. The fourth-order valence-corrected chi connectivity index (χ4v) is 0.691. The fraction of sp³-hybridized carbons (Fsp3) is 0.333. The number of halogens is 4. The highest BCUT2D eigenvalue weighted by atomic mass is 19.2. The van der Waals surface area contributed by atoms with Gasteiger partial charge in [0.15, 0.2) is 23.3 Å². The first-order valence-electron chi connectivity index (χ1n) is 3.83. The Balaban J connectivity index is 0.000000671. The van der Waals surface area contributed by atoms with Gasteiger partial charge in [0.25, 0.3) is 0 Å². The zero-order chi connectivity index (χ0) is 10.6. The number of benzene rings is 1. The molecule has 1 rings (SSSR count). The van der Waals surface area contributed by atoms with Crippen molar-refractivity contribution in [3.05, 3.63) is 34.9 Å². The van der Waals surface area contributed by atoms with Crippen LogP contribution in [-0.4, -0.2) is 0 Å². The minimum atomic E-state index is -1.77. The van der Waals surface area contributed by atoms with Crippen LogP contribution >= 0.6 is 0 Å². The Morgan fingerprint density at radius 1 is 0.846 bits per heavy atom. The van der Waals surface area contributed by atoms with Crippen LogP contribution in [0.5, 0.6) is 0 Å². The topological polar surface area (TPSA) is 0 Å². The van der Waals surface area contributed by atoms with Crippen LogP contribution in [0.15, 0.2) is 6.07 Å². The third-order valence-corrected chi connectivity index (χ3v) is 1.28. The maximum absolute atomic E-state index is 12.4. The Morgan fingerprint density at radius 2 is 1.31 bits per heavy atom. The van der Waals surface area contributed by atoms with Crippen LogP contribution in [0.4, 0.5) is 17.6 Å². The van der Waals surface area contributed by atoms with Gasteiger partial charge >= 0.3 is 0 Å². The molecule has 0 spiro atoms. The molecular formula is C9H10F4. The summed E-state index contributed by atoms with van der Waals surface area (Å²) in [5.41, 5.74) is -0.249. The zero-order valence-electron chi connectivity index (χ0n) is 7.59. The lowest BCUT2D eigenvalue weighted by atomic mass is 10.2. The van der Waals surface area contributed by atoms with Gasteiger partial charge in [-0.15, -0.1) is 0 Å². The van der Waals surface area contributed by atoms with Crippen molar-refractivity contribution >= 4 is 0 Å². The van der Waals surface area contributed by atoms with Gasteiger partial charge in [0, 0.05) is 0 Å². The van der Waals surface area contributed by atoms with Crippen molar-refractivity contribution in [3.8, 4) is 0 Å². The number of aryl methyl sites for hydroxylation is 1. The lowest BCUT2D eigenvalue weighted by Gasteiger charge is -1.99. The maximum atomic E-state index is 12.4. The van der Waals surface area contributed by atoms with Gasteiger partial charge in [-0.25, -0.2) is 17.6 Å². The van der Waals surface area contributed by atoms with Gasteiger partial charge in [-0.05, 0) is 18.6 Å². The van der Waals surface area contributed by atoms with Gasteiger partial charge in [-0.1, -0.05) is 13.8 Å². The highest BCUT2D eigenvalue weighted by molar-refractivity contribution is 5.19. The van der Waals surface area contributed by atoms with Gasteiger partial charge < -0.3 is 0 Å². The number of hydrogen-bond acceptors (Lipinski definition) is 0. The van der Waals surface area contributed by atoms with E-state index in [1.165, 1.54) is 0 Å². The molecule has 0 nitrogen and oxygen atoms in total. The van der Waals surface area contributed by atoms with Gasteiger partial charge in [0.05, 0.1) is 0 Å². The molecule has 0 fully saturated rings. The summed E-state index contributed by atoms with van der Waals surface area (Å²) in [6.07, 6.45) is 0. The molecule has 1 aromatic carbocycles. The molecule has 0 atom stereocenters. The summed E-state index contributed by atoms with van der Waals surface area (Å²) in [7, 11) is 0. The van der Waals surface area contributed by atoms with Crippen molar-refractivity contribution in [1.82, 2.24) is 0 Å². The first-order valence-corrected chi connectivity index (χ1v) is 3.83. The van der Waals surface area contributed by atoms with Crippen LogP contribution in [-0.2, 0) is 0 Å². The molecule has 13 heavy (non-hydrogen) atoms. The van der Waals surface area contributed by atoms with E-state index in [4.69, 9.17) is 0 Å². The Bertz CT molecular complexity index is 268. The highest BCUT2D eigenvalue weighted by Crippen LogP contribution is 2.17. The summed E-state index contributed by atoms with van der Waals surface area (Å²) in [5, 5.41) is 0. The molecule has 0 heterocycles. The molecule has 4 heteroatoms. The number of hydrogen-bond donors (Lipinski definition) is 0. The van der Waals surface area contributed by atoms with Crippen molar-refractivity contribution in [2.24, 2.45) is 0 Å². The molecule has 0 aliphatic carbocycles. The highest BCUT2D eigenvalue weighted by Gasteiger charge is 2.15. The van der Waals surface area contributed by atoms with Crippen LogP contribution in [0.3, 0.4) is 0 Å². The largest absolute Gasteiger partial charge is 0.204 e. The van der Waals surface area contributed by atoms with E-state index >= 15 is 0 Å². The fourth-order valence-electron chi connectivity index (χ4n) is 0.691. The third kappa shape index (κ3) is 2.44. The van der Waals surface area contributed by atoms with Crippen molar-refractivity contribution < 1.29 is 17.6 Å². The lowest BCUT2D eigenvalue weighted by Crippen LogP contribution is -1.97. The molecule has 0 N–H and O–H groups in total. The van der Waals surface area contributed by atoms with E-state index in [2.05, 4.69) is 0 Å². The second kappa shape index (κ2) is 4.84. The summed E-state index contributed by atoms with van der Waals surface area (Å²) in [6.45, 7) is 5.15. The Morgan fingerprint density at radius 3 is 1.77 bits per heavy atom. The van der Waals surface area contributed by atoms with E-state index < -0.39 is 23.3 Å². The van der Waals surface area contributed by atoms with Crippen molar-refractivity contribution in [2.75, 3.05) is 0 Å². The predicted molar refractivity (Wildman–Crippen MR) is 42.4 cm³/mol. The molecule has 0 unspecified atom stereocenters. The Hall–Kier alpha value is -1.06. The zero-order valence-corrected chi connectivity index (χ0v) is 7.59. The first-order chi connectivity index (χ1) is 6.04. The SMILES string of the molecule is CC.Cc1cc(F)c(F)c(F)c1F. The smallest absolute Gasteiger partial charge is 0.197 e. The monoisotopic (exact) mass is 194 g/mol. The van der Waals surface area contributed by atoms with E-state index in [1.807, 2.05) is 13.8 Å². The molecule has 0 saturated heterocycles. The normalized spacial score (nSPS) is 9.15. The summed E-state index contributed by atoms with van der Waals surface area (Å²) < 4.78 is 49.1. The maximum Gasteiger partial charge on any atom is 0.197 e. The third-order valence-electron chi connectivity index (χ3n) is 1.28. The van der Waals surface area contributed by atoms with Crippen molar-refractivity contribution in [1.29, 1.82) is 0 Å². The van der Waals surface area contributed by atoms with Gasteiger partial charge in [-0.2, -0.15) is 0 Å². The lowest BCUT2D eigenvalue weighted by molar-refractivity contribution is 0.406. The average molecular weight is 194 g/mol. The molecule has 0 saturated carbocycles. The summed E-state index contributed by atoms with van der Waals surface area (Å²) in [6, 6.07) is 0.605. The standard InChI is InChI=1S/C7H4F4.C2H6/c1-3-2-4(8)6(10)7(11)5(3)9;1-2/h2H,1H3;1-2H3. The molecule has 0 aromatic heterocycles. The van der Waals surface area contributed by atoms with Crippen molar-refractivity contribution in [2.45, 2.75) is 20.8 Å². The Kier molecular flexibility index (Phi) is 4.45. The quantitative estimate of drug-likeness (QED) is 0.336. The molecule has 0 bridgehead atoms. The molecule has 0 amide bonds. The van der Waals surface area contributed by atoms with E-state index in [-0.39, 0.29) is 5.56 Å². The molecule has 74 valence electrons. The number of rotatable bonds is 0. The minimum absolute atomic E-state index is 0.249. The second-order valence-corrected chi connectivity index (χ2v) is 2.12. The molecule has 0 aliphatic heterocycles. The van der Waals surface area contributed by atoms with Crippen LogP contribution in [0.1, 0.15) is 19.4 Å². The predicted octanol–water partition coefficient (Wildman–Crippen LogP) is 3.58. The summed E-state index contributed by atoms with van der Waals surface area (Å²) in [4.78, 5) is 0. The molecule has 1 aromatic rings. The Labute approximate surface area is 74.2 Å². The van der Waals surface area contributed by atoms with E-state index in [0.29, 0.717) is 6.07 Å². The first kappa shape index (κ1) is 11.9. The van der Waals surface area contributed by atoms with E-state index in [9.17, 15) is 17.6 Å². The molecule has 0 radical (unpaired) electrons. The van der Waals surface area contributed by atoms with Gasteiger partial charge in [0.1, 0.15) is 0 Å². The average Bonchev–Trinajstić information content (AvgIpc) is 2.15. The van der Waals surface area contributed by atoms with Crippen molar-refractivity contribution in [3.63, 3.8) is 0 Å². The molecular weight excluding hydrogens is 184 g/mol. The van der Waals surface area contributed by atoms with Crippen LogP contribution in [0.25, 0.3) is 0 Å². The summed E-state index contributed by atoms with van der Waals surface area (Å²) >= 11 is 0. The van der Waals surface area contributed by atoms with Gasteiger partial charge in [-0.3, -0.25) is 0 Å². The van der Waals surface area contributed by atoms with Gasteiger partial charge in [0.2, 0.25) is 0 Å².